The number of amides is 1. The van der Waals surface area contributed by atoms with Gasteiger partial charge in [0.05, 0.1) is 19.2 Å². The zero-order valence-electron chi connectivity index (χ0n) is 17.3. The molecule has 3 aromatic rings. The molecule has 0 bridgehead atoms. The van der Waals surface area contributed by atoms with Crippen LogP contribution in [0.4, 0.5) is 5.69 Å². The molecular formula is C23H25N3O3S. The molecule has 0 unspecified atom stereocenters. The zero-order chi connectivity index (χ0) is 21.5. The van der Waals surface area contributed by atoms with Gasteiger partial charge in [-0.05, 0) is 35.2 Å². The number of para-hydroxylation sites is 1. The van der Waals surface area contributed by atoms with E-state index in [1.807, 2.05) is 48.5 Å². The zero-order valence-corrected chi connectivity index (χ0v) is 18.1. The van der Waals surface area contributed by atoms with Crippen LogP contribution < -0.4 is 15.6 Å². The van der Waals surface area contributed by atoms with Crippen LogP contribution in [0.15, 0.2) is 64.5 Å². The number of aromatic nitrogens is 2. The van der Waals surface area contributed by atoms with Crippen molar-refractivity contribution >= 4 is 23.4 Å². The first-order valence-corrected chi connectivity index (χ1v) is 10.7. The first-order chi connectivity index (χ1) is 14.4. The summed E-state index contributed by atoms with van der Waals surface area (Å²) in [5, 5.41) is 3.42. The van der Waals surface area contributed by atoms with Gasteiger partial charge in [0.2, 0.25) is 5.91 Å². The summed E-state index contributed by atoms with van der Waals surface area (Å²) in [5.74, 6) is 1.49. The first kappa shape index (κ1) is 21.6. The number of carbonyl (C=O) groups is 1. The number of hydrogen-bond donors (Lipinski definition) is 2. The maximum Gasteiger partial charge on any atom is 0.251 e. The largest absolute Gasteiger partial charge is 0.497 e. The normalized spacial score (nSPS) is 10.8. The number of nitrogens with zero attached hydrogens (tertiary/aromatic N) is 1. The second-order valence-electron chi connectivity index (χ2n) is 7.15. The van der Waals surface area contributed by atoms with Crippen LogP contribution in [-0.2, 0) is 17.0 Å². The molecule has 0 fully saturated rings. The molecule has 0 atom stereocenters. The van der Waals surface area contributed by atoms with Crippen LogP contribution in [0.2, 0.25) is 0 Å². The number of benzene rings is 2. The molecule has 0 aliphatic carbocycles. The number of aromatic amines is 1. The number of ether oxygens (including phenoxy) is 1. The molecule has 156 valence electrons. The van der Waals surface area contributed by atoms with Gasteiger partial charge in [-0.3, -0.25) is 9.59 Å². The summed E-state index contributed by atoms with van der Waals surface area (Å²) in [6.07, 6.45) is 0.0308. The smallest absolute Gasteiger partial charge is 0.251 e. The Morgan fingerprint density at radius 2 is 1.97 bits per heavy atom. The fraction of sp³-hybridized carbons (Fsp3) is 0.261. The molecule has 0 spiro atoms. The fourth-order valence-electron chi connectivity index (χ4n) is 3.03. The van der Waals surface area contributed by atoms with E-state index in [1.54, 1.807) is 7.11 Å². The summed E-state index contributed by atoms with van der Waals surface area (Å²) in [6.45, 7) is 4.16. The average Bonchev–Trinajstić information content (AvgIpc) is 2.72. The highest BCUT2D eigenvalue weighted by molar-refractivity contribution is 7.98. The van der Waals surface area contributed by atoms with E-state index < -0.39 is 0 Å². The summed E-state index contributed by atoms with van der Waals surface area (Å²) in [4.78, 5) is 31.8. The van der Waals surface area contributed by atoms with Crippen molar-refractivity contribution in [2.75, 3.05) is 12.4 Å². The van der Waals surface area contributed by atoms with Gasteiger partial charge in [-0.1, -0.05) is 55.9 Å². The minimum absolute atomic E-state index is 0.0308. The second kappa shape index (κ2) is 10.1. The Labute approximate surface area is 180 Å². The molecule has 3 rings (SSSR count). The van der Waals surface area contributed by atoms with Crippen LogP contribution >= 0.6 is 11.8 Å². The number of anilines is 1. The van der Waals surface area contributed by atoms with Crippen molar-refractivity contribution in [3.8, 4) is 5.75 Å². The maximum absolute atomic E-state index is 12.5. The number of carbonyl (C=O) groups excluding carboxylic acids is 1. The molecule has 2 N–H and O–H groups in total. The Hall–Kier alpha value is -3.06. The lowest BCUT2D eigenvalue weighted by atomic mass is 10.0. The van der Waals surface area contributed by atoms with Crippen LogP contribution in [0, 0.1) is 0 Å². The standard InChI is InChI=1S/C23H25N3O3S/c1-15(2)19-9-4-5-10-20(19)25-21(27)12-17-13-22(28)26-23(24-17)30-14-16-7-6-8-18(11-16)29-3/h4-11,13,15H,12,14H2,1-3H3,(H,25,27)(H,24,26,28). The second-order valence-corrected chi connectivity index (χ2v) is 8.11. The lowest BCUT2D eigenvalue weighted by Gasteiger charge is -2.13. The van der Waals surface area contributed by atoms with E-state index in [9.17, 15) is 9.59 Å². The number of thioether (sulfide) groups is 1. The monoisotopic (exact) mass is 423 g/mol. The van der Waals surface area contributed by atoms with Gasteiger partial charge in [0, 0.05) is 17.5 Å². The van der Waals surface area contributed by atoms with Gasteiger partial charge in [-0.2, -0.15) is 0 Å². The van der Waals surface area contributed by atoms with Gasteiger partial charge in [0.25, 0.3) is 5.56 Å². The number of rotatable bonds is 8. The van der Waals surface area contributed by atoms with Gasteiger partial charge in [-0.15, -0.1) is 0 Å². The molecule has 30 heavy (non-hydrogen) atoms. The Balaban J connectivity index is 1.67. The summed E-state index contributed by atoms with van der Waals surface area (Å²) < 4.78 is 5.23. The highest BCUT2D eigenvalue weighted by atomic mass is 32.2. The molecule has 6 nitrogen and oxygen atoms in total. The van der Waals surface area contributed by atoms with E-state index in [1.165, 1.54) is 17.8 Å². The van der Waals surface area contributed by atoms with Crippen molar-refractivity contribution in [2.45, 2.75) is 37.1 Å². The third-order valence-corrected chi connectivity index (χ3v) is 5.43. The molecular weight excluding hydrogens is 398 g/mol. The Kier molecular flexibility index (Phi) is 7.30. The van der Waals surface area contributed by atoms with Crippen LogP contribution in [0.5, 0.6) is 5.75 Å². The minimum Gasteiger partial charge on any atom is -0.497 e. The van der Waals surface area contributed by atoms with Gasteiger partial charge in [0.1, 0.15) is 5.75 Å². The molecule has 0 saturated carbocycles. The van der Waals surface area contributed by atoms with Gasteiger partial charge < -0.3 is 15.0 Å². The number of methoxy groups -OCH3 is 1. The summed E-state index contributed by atoms with van der Waals surface area (Å²) in [6, 6.07) is 16.8. The van der Waals surface area contributed by atoms with Gasteiger partial charge >= 0.3 is 0 Å². The van der Waals surface area contributed by atoms with Crippen molar-refractivity contribution in [1.29, 1.82) is 0 Å². The third kappa shape index (κ3) is 5.97. The highest BCUT2D eigenvalue weighted by Crippen LogP contribution is 2.24. The molecule has 7 heteroatoms. The summed E-state index contributed by atoms with van der Waals surface area (Å²) in [5.41, 5.74) is 3.07. The van der Waals surface area contributed by atoms with Crippen LogP contribution in [-0.4, -0.2) is 23.0 Å². The van der Waals surface area contributed by atoms with E-state index in [0.717, 1.165) is 22.6 Å². The van der Waals surface area contributed by atoms with Crippen LogP contribution in [0.1, 0.15) is 36.6 Å². The van der Waals surface area contributed by atoms with Crippen molar-refractivity contribution in [3.63, 3.8) is 0 Å². The fourth-order valence-corrected chi connectivity index (χ4v) is 3.87. The summed E-state index contributed by atoms with van der Waals surface area (Å²) in [7, 11) is 1.62. The molecule has 1 amide bonds. The molecule has 1 aromatic heterocycles. The molecule has 1 heterocycles. The minimum atomic E-state index is -0.275. The molecule has 0 radical (unpaired) electrons. The van der Waals surface area contributed by atoms with E-state index in [2.05, 4.69) is 29.1 Å². The van der Waals surface area contributed by atoms with E-state index >= 15 is 0 Å². The first-order valence-electron chi connectivity index (χ1n) is 9.69. The Bertz CT molecular complexity index is 1080. The highest BCUT2D eigenvalue weighted by Gasteiger charge is 2.12. The van der Waals surface area contributed by atoms with Gasteiger partial charge in [0.15, 0.2) is 5.16 Å². The molecule has 0 aliphatic heterocycles. The Morgan fingerprint density at radius 1 is 1.17 bits per heavy atom. The van der Waals surface area contributed by atoms with E-state index in [4.69, 9.17) is 4.74 Å². The van der Waals surface area contributed by atoms with Crippen molar-refractivity contribution in [2.24, 2.45) is 0 Å². The van der Waals surface area contributed by atoms with E-state index in [-0.39, 0.29) is 17.9 Å². The SMILES string of the molecule is COc1cccc(CSc2nc(CC(=O)Nc3ccccc3C(C)C)cc(=O)[nH]2)c1. The lowest BCUT2D eigenvalue weighted by Crippen LogP contribution is -2.19. The molecule has 2 aromatic carbocycles. The van der Waals surface area contributed by atoms with Gasteiger partial charge in [-0.25, -0.2) is 4.98 Å². The number of nitrogens with one attached hydrogen (secondary N) is 2. The number of hydrogen-bond acceptors (Lipinski definition) is 5. The Morgan fingerprint density at radius 3 is 2.73 bits per heavy atom. The predicted molar refractivity (Wildman–Crippen MR) is 120 cm³/mol. The molecule has 0 saturated heterocycles. The average molecular weight is 424 g/mol. The van der Waals surface area contributed by atoms with Crippen molar-refractivity contribution in [3.05, 3.63) is 81.8 Å². The van der Waals surface area contributed by atoms with Crippen LogP contribution in [0.3, 0.4) is 0 Å². The maximum atomic E-state index is 12.5. The van der Waals surface area contributed by atoms with Crippen molar-refractivity contribution in [1.82, 2.24) is 9.97 Å². The van der Waals surface area contributed by atoms with Crippen molar-refractivity contribution < 1.29 is 9.53 Å². The lowest BCUT2D eigenvalue weighted by molar-refractivity contribution is -0.115. The third-order valence-electron chi connectivity index (χ3n) is 4.48. The molecule has 0 aliphatic rings. The topological polar surface area (TPSA) is 84.1 Å². The quantitative estimate of drug-likeness (QED) is 0.415. The predicted octanol–water partition coefficient (Wildman–Crippen LogP) is 4.38. The summed E-state index contributed by atoms with van der Waals surface area (Å²) >= 11 is 1.40. The number of H-pyrrole nitrogens is 1. The van der Waals surface area contributed by atoms with Crippen LogP contribution in [0.25, 0.3) is 0 Å². The van der Waals surface area contributed by atoms with E-state index in [0.29, 0.717) is 22.5 Å².